The quantitative estimate of drug-likeness (QED) is 0.558. The van der Waals surface area contributed by atoms with Crippen molar-refractivity contribution in [1.82, 2.24) is 9.62 Å². The second-order valence-corrected chi connectivity index (χ2v) is 10.7. The maximum atomic E-state index is 15.5. The lowest BCUT2D eigenvalue weighted by Crippen LogP contribution is -2.51. The minimum absolute atomic E-state index is 0.0552. The van der Waals surface area contributed by atoms with Gasteiger partial charge < -0.3 is 4.90 Å². The van der Waals surface area contributed by atoms with Gasteiger partial charge in [0, 0.05) is 29.6 Å². The van der Waals surface area contributed by atoms with Gasteiger partial charge in [-0.3, -0.25) is 4.79 Å². The molecule has 1 N–H and O–H groups in total. The van der Waals surface area contributed by atoms with Crippen LogP contribution in [0.2, 0.25) is 0 Å². The Morgan fingerprint density at radius 2 is 1.74 bits per heavy atom. The molecule has 1 saturated heterocycles. The van der Waals surface area contributed by atoms with Gasteiger partial charge in [0.15, 0.2) is 6.17 Å². The molecule has 3 atom stereocenters. The van der Waals surface area contributed by atoms with Gasteiger partial charge in [-0.05, 0) is 49.4 Å². The molecule has 1 unspecified atom stereocenters. The number of likely N-dealkylation sites (tertiary alicyclic amines) is 1. The Kier molecular flexibility index (Phi) is 6.64. The predicted molar refractivity (Wildman–Crippen MR) is 115 cm³/mol. The number of alkyl halides is 3. The highest BCUT2D eigenvalue weighted by Gasteiger charge is 2.62. The molecule has 1 aliphatic heterocycles. The Morgan fingerprint density at radius 3 is 2.29 bits per heavy atom. The van der Waals surface area contributed by atoms with Crippen LogP contribution < -0.4 is 4.72 Å². The highest BCUT2D eigenvalue weighted by atomic mass is 32.2. The van der Waals surface area contributed by atoms with Gasteiger partial charge in [0.25, 0.3) is 15.9 Å². The summed E-state index contributed by atoms with van der Waals surface area (Å²) in [5.74, 6) is -7.43. The first-order chi connectivity index (χ1) is 16.3. The number of sulfonamides is 1. The monoisotopic (exact) mass is 520 g/mol. The Morgan fingerprint density at radius 1 is 1.11 bits per heavy atom. The summed E-state index contributed by atoms with van der Waals surface area (Å²) in [6.07, 6.45) is -1.47. The Bertz CT molecular complexity index is 1230. The van der Waals surface area contributed by atoms with Crippen LogP contribution in [-0.4, -0.2) is 49.8 Å². The molecule has 2 aliphatic rings. The van der Waals surface area contributed by atoms with Crippen LogP contribution in [0.3, 0.4) is 0 Å². The molecule has 2 fully saturated rings. The Balaban J connectivity index is 1.74. The van der Waals surface area contributed by atoms with Crippen molar-refractivity contribution in [2.24, 2.45) is 5.41 Å². The standard InChI is InChI=1S/C23H22F6N2O3S/c1-12(24)21(32)31-11-23(5-6-23)20(30-35(33,34)22(28)29)18(31)9-13-3-2-4-17(19(13)27)14-7-15(25)10-16(26)8-14/h2-4,7-8,10,12,18,20,22,30H,5-6,9,11H2,1H3/t12?,18-,20+/m0/s1. The molecule has 35 heavy (non-hydrogen) atoms. The minimum atomic E-state index is -5.07. The number of hydrogen-bond donors (Lipinski definition) is 1. The number of rotatable bonds is 7. The van der Waals surface area contributed by atoms with Crippen LogP contribution in [0.25, 0.3) is 11.1 Å². The first kappa shape index (κ1) is 25.5. The molecule has 0 aromatic heterocycles. The summed E-state index contributed by atoms with van der Waals surface area (Å²) in [6, 6.07) is 4.14. The van der Waals surface area contributed by atoms with E-state index in [-0.39, 0.29) is 29.7 Å². The van der Waals surface area contributed by atoms with E-state index in [1.54, 1.807) is 0 Å². The van der Waals surface area contributed by atoms with Crippen molar-refractivity contribution in [2.75, 3.05) is 6.54 Å². The van der Waals surface area contributed by atoms with Crippen molar-refractivity contribution >= 4 is 15.9 Å². The molecule has 1 heterocycles. The summed E-state index contributed by atoms with van der Waals surface area (Å²) in [5.41, 5.74) is -1.16. The van der Waals surface area contributed by atoms with Crippen LogP contribution in [0, 0.1) is 22.9 Å². The summed E-state index contributed by atoms with van der Waals surface area (Å²) in [4.78, 5) is 13.7. The van der Waals surface area contributed by atoms with Gasteiger partial charge in [-0.25, -0.2) is 30.7 Å². The average molecular weight is 520 g/mol. The number of amides is 1. The van der Waals surface area contributed by atoms with E-state index in [4.69, 9.17) is 0 Å². The molecule has 4 rings (SSSR count). The fourth-order valence-electron chi connectivity index (χ4n) is 4.80. The van der Waals surface area contributed by atoms with E-state index < -0.39 is 62.8 Å². The molecular weight excluding hydrogens is 498 g/mol. The SMILES string of the molecule is CC(F)C(=O)N1CC2(CC2)[C@H](NS(=O)(=O)C(F)F)[C@@H]1Cc1cccc(-c2cc(F)cc(F)c2)c1F. The number of halogens is 6. The summed E-state index contributed by atoms with van der Waals surface area (Å²) in [5, 5.41) is 0. The molecule has 1 amide bonds. The van der Waals surface area contributed by atoms with Crippen molar-refractivity contribution in [3.05, 3.63) is 59.4 Å². The molecule has 1 spiro atoms. The first-order valence-electron chi connectivity index (χ1n) is 10.8. The fourth-order valence-corrected chi connectivity index (χ4v) is 5.66. The van der Waals surface area contributed by atoms with E-state index >= 15 is 4.39 Å². The highest BCUT2D eigenvalue weighted by Crippen LogP contribution is 2.56. The summed E-state index contributed by atoms with van der Waals surface area (Å²) < 4.78 is 109. The smallest absolute Gasteiger partial charge is 0.335 e. The third-order valence-electron chi connectivity index (χ3n) is 6.65. The van der Waals surface area contributed by atoms with E-state index in [1.807, 2.05) is 4.72 Å². The normalized spacial score (nSPS) is 22.1. The van der Waals surface area contributed by atoms with E-state index in [0.29, 0.717) is 18.9 Å². The molecule has 0 radical (unpaired) electrons. The van der Waals surface area contributed by atoms with Gasteiger partial charge in [-0.1, -0.05) is 18.2 Å². The van der Waals surface area contributed by atoms with E-state index in [0.717, 1.165) is 24.0 Å². The number of nitrogens with zero attached hydrogens (tertiary/aromatic N) is 1. The maximum Gasteiger partial charge on any atom is 0.350 e. The summed E-state index contributed by atoms with van der Waals surface area (Å²) in [6.45, 7) is 0.924. The van der Waals surface area contributed by atoms with Gasteiger partial charge >= 0.3 is 5.76 Å². The van der Waals surface area contributed by atoms with Crippen molar-refractivity contribution in [3.8, 4) is 11.1 Å². The molecule has 1 saturated carbocycles. The molecule has 5 nitrogen and oxygen atoms in total. The van der Waals surface area contributed by atoms with Crippen molar-refractivity contribution in [1.29, 1.82) is 0 Å². The molecule has 1 aliphatic carbocycles. The largest absolute Gasteiger partial charge is 0.350 e. The van der Waals surface area contributed by atoms with Crippen molar-refractivity contribution in [3.63, 3.8) is 0 Å². The number of carbonyl (C=O) groups excluding carboxylic acids is 1. The lowest BCUT2D eigenvalue weighted by Gasteiger charge is -2.30. The zero-order valence-corrected chi connectivity index (χ0v) is 19.3. The van der Waals surface area contributed by atoms with Gasteiger partial charge in [-0.2, -0.15) is 8.78 Å². The van der Waals surface area contributed by atoms with Gasteiger partial charge in [0.05, 0.1) is 6.04 Å². The minimum Gasteiger partial charge on any atom is -0.335 e. The topological polar surface area (TPSA) is 66.5 Å². The molecule has 0 bridgehead atoms. The van der Waals surface area contributed by atoms with Gasteiger partial charge in [-0.15, -0.1) is 0 Å². The average Bonchev–Trinajstić information content (AvgIpc) is 3.49. The fraction of sp³-hybridized carbons (Fsp3) is 0.435. The van der Waals surface area contributed by atoms with Crippen LogP contribution >= 0.6 is 0 Å². The van der Waals surface area contributed by atoms with Crippen LogP contribution in [-0.2, 0) is 21.2 Å². The lowest BCUT2D eigenvalue weighted by molar-refractivity contribution is -0.137. The first-order valence-corrected chi connectivity index (χ1v) is 12.4. The van der Waals surface area contributed by atoms with Crippen LogP contribution in [0.1, 0.15) is 25.3 Å². The number of benzene rings is 2. The Hall–Kier alpha value is -2.60. The summed E-state index contributed by atoms with van der Waals surface area (Å²) >= 11 is 0. The van der Waals surface area contributed by atoms with Gasteiger partial charge in [0.2, 0.25) is 0 Å². The van der Waals surface area contributed by atoms with Crippen molar-refractivity contribution < 1.29 is 39.6 Å². The predicted octanol–water partition coefficient (Wildman–Crippen LogP) is 4.17. The number of carbonyl (C=O) groups is 1. The zero-order chi connectivity index (χ0) is 25.7. The zero-order valence-electron chi connectivity index (χ0n) is 18.4. The third kappa shape index (κ3) is 4.90. The van der Waals surface area contributed by atoms with Crippen molar-refractivity contribution in [2.45, 2.75) is 50.2 Å². The Labute approximate surface area is 198 Å². The van der Waals surface area contributed by atoms with Crippen LogP contribution in [0.5, 0.6) is 0 Å². The molecular formula is C23H22F6N2O3S. The molecule has 2 aromatic rings. The molecule has 12 heteroatoms. The number of nitrogens with one attached hydrogen (secondary N) is 1. The van der Waals surface area contributed by atoms with Gasteiger partial charge in [0.1, 0.15) is 17.5 Å². The lowest BCUT2D eigenvalue weighted by atomic mass is 9.91. The van der Waals surface area contributed by atoms with E-state index in [9.17, 15) is 35.2 Å². The highest BCUT2D eigenvalue weighted by molar-refractivity contribution is 7.89. The summed E-state index contributed by atoms with van der Waals surface area (Å²) in [7, 11) is -5.07. The molecule has 2 aromatic carbocycles. The van der Waals surface area contributed by atoms with E-state index in [2.05, 4.69) is 0 Å². The van der Waals surface area contributed by atoms with Crippen LogP contribution in [0.15, 0.2) is 36.4 Å². The second-order valence-electron chi connectivity index (χ2n) is 9.05. The van der Waals surface area contributed by atoms with E-state index in [1.165, 1.54) is 18.2 Å². The number of hydrogen-bond acceptors (Lipinski definition) is 3. The third-order valence-corrected chi connectivity index (χ3v) is 7.70. The van der Waals surface area contributed by atoms with Crippen LogP contribution in [0.4, 0.5) is 26.3 Å². The molecule has 190 valence electrons. The second kappa shape index (κ2) is 9.12. The maximum absolute atomic E-state index is 15.5.